The van der Waals surface area contributed by atoms with Gasteiger partial charge in [-0.25, -0.2) is 0 Å². The number of rotatable bonds is 4. The number of hydrogen-bond donors (Lipinski definition) is 1. The lowest BCUT2D eigenvalue weighted by Crippen LogP contribution is -2.56. The van der Waals surface area contributed by atoms with Crippen LogP contribution < -0.4 is 5.73 Å². The molecule has 3 atom stereocenters. The van der Waals surface area contributed by atoms with Gasteiger partial charge >= 0.3 is 0 Å². The van der Waals surface area contributed by atoms with Crippen LogP contribution in [0.3, 0.4) is 0 Å². The average molecular weight is 317 g/mol. The maximum Gasteiger partial charge on any atom is 0.252 e. The molecule has 0 unspecified atom stereocenters. The topological polar surface area (TPSA) is 58.8 Å². The molecule has 0 saturated carbocycles. The van der Waals surface area contributed by atoms with Crippen LogP contribution in [0.2, 0.25) is 0 Å². The van der Waals surface area contributed by atoms with Gasteiger partial charge in [-0.1, -0.05) is 30.3 Å². The van der Waals surface area contributed by atoms with Gasteiger partial charge in [-0.05, 0) is 25.3 Å². The number of nitrogens with zero attached hydrogens (tertiary/aromatic N) is 2. The highest BCUT2D eigenvalue weighted by atomic mass is 16.5. The van der Waals surface area contributed by atoms with E-state index in [-0.39, 0.29) is 24.2 Å². The number of carbonyl (C=O) groups excluding carboxylic acids is 1. The molecule has 0 spiro atoms. The Labute approximate surface area is 138 Å². The lowest BCUT2D eigenvalue weighted by atomic mass is 10.1. The Morgan fingerprint density at radius 3 is 2.70 bits per heavy atom. The number of piperazine rings is 1. The molecule has 3 rings (SSSR count). The number of benzene rings is 1. The van der Waals surface area contributed by atoms with E-state index < -0.39 is 0 Å². The zero-order valence-electron chi connectivity index (χ0n) is 13.9. The van der Waals surface area contributed by atoms with Crippen molar-refractivity contribution in [2.45, 2.75) is 44.6 Å². The zero-order valence-corrected chi connectivity index (χ0v) is 13.9. The molecule has 1 aromatic rings. The molecular weight excluding hydrogens is 290 g/mol. The van der Waals surface area contributed by atoms with Crippen LogP contribution in [0.25, 0.3) is 0 Å². The van der Waals surface area contributed by atoms with Gasteiger partial charge < -0.3 is 15.4 Å². The van der Waals surface area contributed by atoms with Crippen LogP contribution in [0.5, 0.6) is 0 Å². The van der Waals surface area contributed by atoms with E-state index in [1.165, 1.54) is 5.56 Å². The van der Waals surface area contributed by atoms with E-state index >= 15 is 0 Å². The van der Waals surface area contributed by atoms with Gasteiger partial charge in [-0.3, -0.25) is 9.69 Å². The highest BCUT2D eigenvalue weighted by Gasteiger charge is 2.36. The molecule has 0 aliphatic carbocycles. The first kappa shape index (κ1) is 16.4. The lowest BCUT2D eigenvalue weighted by Gasteiger charge is -2.40. The smallest absolute Gasteiger partial charge is 0.252 e. The van der Waals surface area contributed by atoms with Crippen LogP contribution in [0.1, 0.15) is 25.3 Å². The molecular formula is C18H27N3O2. The monoisotopic (exact) mass is 317 g/mol. The fraction of sp³-hybridized carbons (Fsp3) is 0.611. The van der Waals surface area contributed by atoms with E-state index in [2.05, 4.69) is 36.1 Å². The summed E-state index contributed by atoms with van der Waals surface area (Å²) in [7, 11) is 0. The molecule has 2 aliphatic rings. The third-order valence-corrected chi connectivity index (χ3v) is 4.89. The van der Waals surface area contributed by atoms with Crippen molar-refractivity contribution >= 4 is 5.91 Å². The molecule has 1 amide bonds. The maximum absolute atomic E-state index is 12.7. The Balaban J connectivity index is 1.53. The number of carbonyl (C=O) groups is 1. The van der Waals surface area contributed by atoms with Gasteiger partial charge in [0, 0.05) is 38.8 Å². The molecule has 2 fully saturated rings. The van der Waals surface area contributed by atoms with E-state index in [0.29, 0.717) is 6.54 Å². The summed E-state index contributed by atoms with van der Waals surface area (Å²) in [4.78, 5) is 17.1. The minimum absolute atomic E-state index is 0.0543. The first-order chi connectivity index (χ1) is 11.2. The Morgan fingerprint density at radius 1 is 1.26 bits per heavy atom. The van der Waals surface area contributed by atoms with Gasteiger partial charge in [0.05, 0.1) is 6.10 Å². The molecule has 5 nitrogen and oxygen atoms in total. The fourth-order valence-electron chi connectivity index (χ4n) is 3.59. The van der Waals surface area contributed by atoms with Crippen LogP contribution in [0.4, 0.5) is 0 Å². The second kappa shape index (κ2) is 7.43. The quantitative estimate of drug-likeness (QED) is 0.907. The fourth-order valence-corrected chi connectivity index (χ4v) is 3.59. The number of ether oxygens (including phenoxy) is 1. The summed E-state index contributed by atoms with van der Waals surface area (Å²) in [5.74, 6) is 0.146. The van der Waals surface area contributed by atoms with Crippen molar-refractivity contribution in [1.29, 1.82) is 0 Å². The van der Waals surface area contributed by atoms with Crippen LogP contribution >= 0.6 is 0 Å². The summed E-state index contributed by atoms with van der Waals surface area (Å²) in [5, 5.41) is 0. The van der Waals surface area contributed by atoms with Crippen molar-refractivity contribution in [3.8, 4) is 0 Å². The van der Waals surface area contributed by atoms with Gasteiger partial charge in [-0.15, -0.1) is 0 Å². The van der Waals surface area contributed by atoms with E-state index in [0.717, 1.165) is 39.0 Å². The zero-order chi connectivity index (χ0) is 16.2. The molecule has 1 aromatic carbocycles. The van der Waals surface area contributed by atoms with Crippen LogP contribution in [-0.2, 0) is 16.1 Å². The SMILES string of the molecule is C[C@@H]1CN(Cc2ccccc2)CCN1C(=O)[C@@H]1CC[C@H](CN)O1. The summed E-state index contributed by atoms with van der Waals surface area (Å²) in [6.07, 6.45) is 1.47. The third kappa shape index (κ3) is 3.91. The normalized spacial score (nSPS) is 29.0. The number of nitrogens with two attached hydrogens (primary N) is 1. The molecule has 0 radical (unpaired) electrons. The van der Waals surface area contributed by atoms with Crippen LogP contribution in [0, 0.1) is 0 Å². The highest BCUT2D eigenvalue weighted by molar-refractivity contribution is 5.81. The first-order valence-electron chi connectivity index (χ1n) is 8.59. The predicted octanol–water partition coefficient (Wildman–Crippen LogP) is 1.23. The highest BCUT2D eigenvalue weighted by Crippen LogP contribution is 2.23. The van der Waals surface area contributed by atoms with Crippen LogP contribution in [-0.4, -0.2) is 60.1 Å². The minimum atomic E-state index is -0.285. The van der Waals surface area contributed by atoms with Crippen LogP contribution in [0.15, 0.2) is 30.3 Å². The van der Waals surface area contributed by atoms with E-state index in [4.69, 9.17) is 10.5 Å². The standard InChI is InChI=1S/C18H27N3O2/c1-14-12-20(13-15-5-3-2-4-6-15)9-10-21(14)18(22)17-8-7-16(11-19)23-17/h2-6,14,16-17H,7-13,19H2,1H3/t14-,16-,17+/m1/s1. The molecule has 0 bridgehead atoms. The number of hydrogen-bond acceptors (Lipinski definition) is 4. The molecule has 2 heterocycles. The van der Waals surface area contributed by atoms with E-state index in [9.17, 15) is 4.79 Å². The molecule has 2 saturated heterocycles. The van der Waals surface area contributed by atoms with Crippen molar-refractivity contribution in [1.82, 2.24) is 9.80 Å². The second-order valence-electron chi connectivity index (χ2n) is 6.66. The third-order valence-electron chi connectivity index (χ3n) is 4.89. The lowest BCUT2D eigenvalue weighted by molar-refractivity contribution is -0.147. The second-order valence-corrected chi connectivity index (χ2v) is 6.66. The van der Waals surface area contributed by atoms with E-state index in [1.54, 1.807) is 0 Å². The molecule has 2 N–H and O–H groups in total. The van der Waals surface area contributed by atoms with Gasteiger partial charge in [0.25, 0.3) is 5.91 Å². The van der Waals surface area contributed by atoms with Gasteiger partial charge in [0.2, 0.25) is 0 Å². The maximum atomic E-state index is 12.7. The summed E-state index contributed by atoms with van der Waals surface area (Å²) in [6.45, 7) is 6.18. The van der Waals surface area contributed by atoms with Gasteiger partial charge in [-0.2, -0.15) is 0 Å². The largest absolute Gasteiger partial charge is 0.364 e. The summed E-state index contributed by atoms with van der Waals surface area (Å²) >= 11 is 0. The van der Waals surface area contributed by atoms with Gasteiger partial charge in [0.15, 0.2) is 0 Å². The Kier molecular flexibility index (Phi) is 5.30. The van der Waals surface area contributed by atoms with Crippen molar-refractivity contribution in [2.75, 3.05) is 26.2 Å². The predicted molar refractivity (Wildman–Crippen MR) is 89.8 cm³/mol. The summed E-state index contributed by atoms with van der Waals surface area (Å²) < 4.78 is 5.77. The minimum Gasteiger partial charge on any atom is -0.364 e. The Bertz CT molecular complexity index is 522. The molecule has 126 valence electrons. The molecule has 2 aliphatic heterocycles. The average Bonchev–Trinajstić information content (AvgIpc) is 3.04. The van der Waals surface area contributed by atoms with Crippen molar-refractivity contribution in [3.05, 3.63) is 35.9 Å². The molecule has 0 aromatic heterocycles. The van der Waals surface area contributed by atoms with Crippen molar-refractivity contribution in [2.24, 2.45) is 5.73 Å². The van der Waals surface area contributed by atoms with Crippen molar-refractivity contribution in [3.63, 3.8) is 0 Å². The molecule has 5 heteroatoms. The first-order valence-corrected chi connectivity index (χ1v) is 8.59. The van der Waals surface area contributed by atoms with E-state index in [1.807, 2.05) is 11.0 Å². The number of amides is 1. The Morgan fingerprint density at radius 2 is 2.04 bits per heavy atom. The Hall–Kier alpha value is -1.43. The summed E-state index contributed by atoms with van der Waals surface area (Å²) in [5.41, 5.74) is 6.96. The summed E-state index contributed by atoms with van der Waals surface area (Å²) in [6, 6.07) is 10.7. The van der Waals surface area contributed by atoms with Gasteiger partial charge in [0.1, 0.15) is 6.10 Å². The molecule has 23 heavy (non-hydrogen) atoms. The van der Waals surface area contributed by atoms with Crippen molar-refractivity contribution < 1.29 is 9.53 Å².